The Hall–Kier alpha value is -1.99. The van der Waals surface area contributed by atoms with E-state index in [0.717, 1.165) is 20.2 Å². The molecule has 0 saturated heterocycles. The molecule has 0 atom stereocenters. The van der Waals surface area contributed by atoms with Gasteiger partial charge in [0, 0.05) is 33.9 Å². The summed E-state index contributed by atoms with van der Waals surface area (Å²) in [6.07, 6.45) is 5.17. The van der Waals surface area contributed by atoms with Gasteiger partial charge in [-0.1, -0.05) is 11.8 Å². The molecule has 2 aromatic heterocycles. The van der Waals surface area contributed by atoms with Crippen molar-refractivity contribution in [3.05, 3.63) is 59.7 Å². The Kier molecular flexibility index (Phi) is 4.35. The lowest BCUT2D eigenvalue weighted by molar-refractivity contribution is 0.108. The van der Waals surface area contributed by atoms with Crippen LogP contribution < -0.4 is 0 Å². The summed E-state index contributed by atoms with van der Waals surface area (Å²) in [5.41, 5.74) is 0.923. The summed E-state index contributed by atoms with van der Waals surface area (Å²) in [4.78, 5) is 22.5. The molecule has 2 heterocycles. The minimum atomic E-state index is -0.260. The SMILES string of the molecule is BC(=O)c1ncc(-c2ccncc2Sc2ccc(F)cc2)s1. The number of carbonyl (C=O) groups is 1. The maximum atomic E-state index is 13.0. The molecule has 108 valence electrons. The van der Waals surface area contributed by atoms with E-state index >= 15 is 0 Å². The number of hydrogen-bond donors (Lipinski definition) is 0. The van der Waals surface area contributed by atoms with Crippen molar-refractivity contribution in [2.45, 2.75) is 9.79 Å². The maximum absolute atomic E-state index is 13.0. The van der Waals surface area contributed by atoms with Gasteiger partial charge in [-0.05, 0) is 30.3 Å². The quantitative estimate of drug-likeness (QED) is 0.690. The van der Waals surface area contributed by atoms with Crippen LogP contribution in [0.25, 0.3) is 10.4 Å². The van der Waals surface area contributed by atoms with Crippen LogP contribution in [0.15, 0.2) is 58.7 Å². The van der Waals surface area contributed by atoms with Crippen molar-refractivity contribution in [2.24, 2.45) is 0 Å². The Morgan fingerprint density at radius 1 is 1.18 bits per heavy atom. The Morgan fingerprint density at radius 2 is 1.95 bits per heavy atom. The molecule has 22 heavy (non-hydrogen) atoms. The molecule has 0 radical (unpaired) electrons. The van der Waals surface area contributed by atoms with E-state index in [4.69, 9.17) is 0 Å². The second-order valence-electron chi connectivity index (χ2n) is 4.51. The third kappa shape index (κ3) is 3.26. The minimum absolute atomic E-state index is 0.0435. The lowest BCUT2D eigenvalue weighted by atomic mass is 10.0. The van der Waals surface area contributed by atoms with Crippen LogP contribution in [-0.4, -0.2) is 23.5 Å². The summed E-state index contributed by atoms with van der Waals surface area (Å²) in [7, 11) is 1.50. The molecular formula is C15H10BFN2OS2. The van der Waals surface area contributed by atoms with Gasteiger partial charge in [0.1, 0.15) is 16.5 Å². The Labute approximate surface area is 136 Å². The second kappa shape index (κ2) is 6.42. The summed E-state index contributed by atoms with van der Waals surface area (Å²) < 4.78 is 13.0. The van der Waals surface area contributed by atoms with Crippen molar-refractivity contribution in [1.29, 1.82) is 0 Å². The number of aromatic nitrogens is 2. The molecule has 0 bridgehead atoms. The Bertz CT molecular complexity index is 820. The molecule has 7 heteroatoms. The van der Waals surface area contributed by atoms with Gasteiger partial charge in [-0.2, -0.15) is 0 Å². The molecule has 0 saturated carbocycles. The fourth-order valence-electron chi connectivity index (χ4n) is 1.86. The van der Waals surface area contributed by atoms with Crippen molar-refractivity contribution in [3.63, 3.8) is 0 Å². The summed E-state index contributed by atoms with van der Waals surface area (Å²) in [5, 5.41) is 0.490. The number of nitrogens with zero attached hydrogens (tertiary/aromatic N) is 2. The van der Waals surface area contributed by atoms with Crippen molar-refractivity contribution in [1.82, 2.24) is 9.97 Å². The van der Waals surface area contributed by atoms with E-state index in [1.54, 1.807) is 30.7 Å². The molecule has 3 rings (SSSR count). The molecule has 3 aromatic rings. The van der Waals surface area contributed by atoms with E-state index in [0.29, 0.717) is 5.01 Å². The highest BCUT2D eigenvalue weighted by Crippen LogP contribution is 2.37. The number of hydrogen-bond acceptors (Lipinski definition) is 5. The number of rotatable bonds is 4. The first-order valence-corrected chi connectivity index (χ1v) is 8.11. The van der Waals surface area contributed by atoms with E-state index in [1.807, 2.05) is 6.07 Å². The lowest BCUT2D eigenvalue weighted by Gasteiger charge is -2.06. The number of carbonyl (C=O) groups excluding carboxylic acids is 1. The first-order valence-electron chi connectivity index (χ1n) is 6.48. The predicted octanol–water partition coefficient (Wildman–Crippen LogP) is 3.27. The Balaban J connectivity index is 1.95. The summed E-state index contributed by atoms with van der Waals surface area (Å²) in [6, 6.07) is 8.20. The van der Waals surface area contributed by atoms with Gasteiger partial charge in [-0.3, -0.25) is 4.98 Å². The normalized spacial score (nSPS) is 10.6. The third-order valence-electron chi connectivity index (χ3n) is 2.90. The summed E-state index contributed by atoms with van der Waals surface area (Å²) >= 11 is 2.86. The average molecular weight is 328 g/mol. The monoisotopic (exact) mass is 328 g/mol. The molecule has 0 spiro atoms. The largest absolute Gasteiger partial charge is 0.304 e. The van der Waals surface area contributed by atoms with E-state index in [2.05, 4.69) is 9.97 Å². The highest BCUT2D eigenvalue weighted by Gasteiger charge is 2.12. The number of thiazole rings is 1. The van der Waals surface area contributed by atoms with Gasteiger partial charge in [0.15, 0.2) is 7.85 Å². The fourth-order valence-corrected chi connectivity index (χ4v) is 3.70. The first-order chi connectivity index (χ1) is 10.6. The van der Waals surface area contributed by atoms with E-state index in [9.17, 15) is 9.18 Å². The maximum Gasteiger partial charge on any atom is 0.197 e. The standard InChI is InChI=1S/C15H10BFN2OS2/c16-14(20)15-19-8-13(22-15)11-5-6-18-7-12(11)21-10-3-1-9(17)2-4-10/h1-8H,16H2. The molecule has 0 aliphatic heterocycles. The topological polar surface area (TPSA) is 42.9 Å². The first kappa shape index (κ1) is 14.9. The van der Waals surface area contributed by atoms with E-state index in [-0.39, 0.29) is 11.5 Å². The van der Waals surface area contributed by atoms with Crippen LogP contribution in [0, 0.1) is 5.82 Å². The van der Waals surface area contributed by atoms with Crippen LogP contribution in [0.2, 0.25) is 0 Å². The third-order valence-corrected chi connectivity index (χ3v) is 5.08. The van der Waals surface area contributed by atoms with E-state index in [1.165, 1.54) is 43.1 Å². The van der Waals surface area contributed by atoms with Gasteiger partial charge in [-0.25, -0.2) is 9.37 Å². The molecule has 0 aliphatic rings. The lowest BCUT2D eigenvalue weighted by Crippen LogP contribution is -1.94. The van der Waals surface area contributed by atoms with Crippen LogP contribution in [0.1, 0.15) is 9.80 Å². The van der Waals surface area contributed by atoms with Gasteiger partial charge >= 0.3 is 0 Å². The highest BCUT2D eigenvalue weighted by atomic mass is 32.2. The van der Waals surface area contributed by atoms with Gasteiger partial charge in [-0.15, -0.1) is 11.3 Å². The van der Waals surface area contributed by atoms with Crippen molar-refractivity contribution in [2.75, 3.05) is 0 Å². The molecule has 0 unspecified atom stereocenters. The smallest absolute Gasteiger partial charge is 0.197 e. The Morgan fingerprint density at radius 3 is 2.64 bits per heavy atom. The van der Waals surface area contributed by atoms with Gasteiger partial charge in [0.2, 0.25) is 0 Å². The number of pyridine rings is 1. The molecule has 3 nitrogen and oxygen atoms in total. The van der Waals surface area contributed by atoms with Crippen LogP contribution in [0.3, 0.4) is 0 Å². The van der Waals surface area contributed by atoms with Gasteiger partial charge < -0.3 is 4.79 Å². The fraction of sp³-hybridized carbons (Fsp3) is 0. The highest BCUT2D eigenvalue weighted by molar-refractivity contribution is 7.99. The summed E-state index contributed by atoms with van der Waals surface area (Å²) in [5.74, 6) is -0.260. The van der Waals surface area contributed by atoms with E-state index < -0.39 is 0 Å². The molecular weight excluding hydrogens is 318 g/mol. The average Bonchev–Trinajstić information content (AvgIpc) is 3.00. The molecule has 0 aliphatic carbocycles. The zero-order valence-corrected chi connectivity index (χ0v) is 13.2. The van der Waals surface area contributed by atoms with Crippen LogP contribution in [0.4, 0.5) is 4.39 Å². The van der Waals surface area contributed by atoms with Crippen molar-refractivity contribution >= 4 is 36.6 Å². The number of halogens is 1. The summed E-state index contributed by atoms with van der Waals surface area (Å²) in [6.45, 7) is 0. The van der Waals surface area contributed by atoms with Crippen LogP contribution >= 0.6 is 23.1 Å². The second-order valence-corrected chi connectivity index (χ2v) is 6.66. The molecule has 0 N–H and O–H groups in total. The van der Waals surface area contributed by atoms with Crippen LogP contribution in [0.5, 0.6) is 0 Å². The zero-order chi connectivity index (χ0) is 15.5. The molecule has 0 amide bonds. The number of benzene rings is 1. The zero-order valence-electron chi connectivity index (χ0n) is 11.6. The molecule has 0 fully saturated rings. The van der Waals surface area contributed by atoms with Gasteiger partial charge in [0.05, 0.1) is 4.88 Å². The van der Waals surface area contributed by atoms with Crippen molar-refractivity contribution < 1.29 is 9.18 Å². The minimum Gasteiger partial charge on any atom is -0.304 e. The predicted molar refractivity (Wildman–Crippen MR) is 88.7 cm³/mol. The van der Waals surface area contributed by atoms with Crippen LogP contribution in [-0.2, 0) is 0 Å². The molecule has 1 aromatic carbocycles. The van der Waals surface area contributed by atoms with Gasteiger partial charge in [0.25, 0.3) is 0 Å². The van der Waals surface area contributed by atoms with Crippen molar-refractivity contribution in [3.8, 4) is 10.4 Å².